The Balaban J connectivity index is 1.71. The zero-order valence-corrected chi connectivity index (χ0v) is 29.8. The van der Waals surface area contributed by atoms with E-state index in [2.05, 4.69) is 62.1 Å². The van der Waals surface area contributed by atoms with E-state index in [-0.39, 0.29) is 5.04 Å². The molecular formula is C32H42BClN7O4Si. The zero-order valence-electron chi connectivity index (χ0n) is 28.1. The van der Waals surface area contributed by atoms with Gasteiger partial charge >= 0.3 is 7.41 Å². The lowest BCUT2D eigenvalue weighted by Gasteiger charge is -2.39. The van der Waals surface area contributed by atoms with Gasteiger partial charge in [-0.1, -0.05) is 39.3 Å². The fourth-order valence-corrected chi connectivity index (χ4v) is 6.48. The molecule has 1 aliphatic rings. The van der Waals surface area contributed by atoms with Crippen LogP contribution in [0.4, 0.5) is 23.1 Å². The molecule has 1 atom stereocenters. The lowest BCUT2D eigenvalue weighted by Crippen LogP contribution is -2.46. The molecule has 0 unspecified atom stereocenters. The second kappa shape index (κ2) is 14.0. The van der Waals surface area contributed by atoms with Crippen molar-refractivity contribution in [1.82, 2.24) is 15.0 Å². The quantitative estimate of drug-likeness (QED) is 0.176. The van der Waals surface area contributed by atoms with Crippen molar-refractivity contribution < 1.29 is 18.7 Å². The first-order chi connectivity index (χ1) is 21.7. The second-order valence-corrected chi connectivity index (χ2v) is 18.4. The molecule has 1 N–H and O–H groups in total. The van der Waals surface area contributed by atoms with E-state index >= 15 is 0 Å². The summed E-state index contributed by atoms with van der Waals surface area (Å²) >= 11 is 6.60. The number of carbonyl (C=O) groups excluding carboxylic acids is 1. The van der Waals surface area contributed by atoms with E-state index in [0.717, 1.165) is 17.3 Å². The number of ether oxygens (including phenoxy) is 2. The molecule has 4 rings (SSSR count). The normalized spacial score (nSPS) is 16.1. The molecule has 3 aromatic rings. The molecule has 0 saturated heterocycles. The van der Waals surface area contributed by atoms with Gasteiger partial charge in [0.1, 0.15) is 17.9 Å². The van der Waals surface area contributed by atoms with Crippen LogP contribution in [0, 0.1) is 11.3 Å². The first kappa shape index (κ1) is 35.2. The number of fused-ring (bicyclic) bond motifs is 1. The molecule has 11 nitrogen and oxygen atoms in total. The standard InChI is InChI=1S/C32H42BClN7O4Si/c1-31(2,3)46(8,9)45-19-32(4)18-41(33-20-42)27-22(17-35)14-21(15-23(27)32)25-10-11-36-30(37-25)38-26-16-24(34)28(39-29(26)44-7)40(5)12-13-43-6/h10-11,14-16,20H,12-13,18-19H2,1-9H3,(H,36,37,38)/t32-/m1/s1. The molecule has 14 heteroatoms. The van der Waals surface area contributed by atoms with Gasteiger partial charge < -0.3 is 33.7 Å². The molecule has 2 aromatic heterocycles. The van der Waals surface area contributed by atoms with Crippen LogP contribution in [0.15, 0.2) is 30.5 Å². The van der Waals surface area contributed by atoms with Crippen LogP contribution in [0.5, 0.6) is 5.88 Å². The van der Waals surface area contributed by atoms with Gasteiger partial charge in [-0.05, 0) is 48.0 Å². The number of halogens is 1. The van der Waals surface area contributed by atoms with Gasteiger partial charge in [0.2, 0.25) is 11.8 Å². The smallest absolute Gasteiger partial charge is 0.329 e. The number of methoxy groups -OCH3 is 2. The van der Waals surface area contributed by atoms with Crippen LogP contribution in [0.3, 0.4) is 0 Å². The lowest BCUT2D eigenvalue weighted by molar-refractivity contribution is 0.206. The summed E-state index contributed by atoms with van der Waals surface area (Å²) in [6.45, 7) is 15.3. The third kappa shape index (κ3) is 7.31. The van der Waals surface area contributed by atoms with E-state index in [1.807, 2.05) is 22.8 Å². The maximum Gasteiger partial charge on any atom is 0.329 e. The molecule has 46 heavy (non-hydrogen) atoms. The summed E-state index contributed by atoms with van der Waals surface area (Å²) in [6.07, 6.45) is 2.39. The molecule has 0 bridgehead atoms. The van der Waals surface area contributed by atoms with Gasteiger partial charge in [-0.2, -0.15) is 10.2 Å². The van der Waals surface area contributed by atoms with Crippen molar-refractivity contribution in [1.29, 1.82) is 5.26 Å². The fourth-order valence-electron chi connectivity index (χ4n) is 5.07. The first-order valence-corrected chi connectivity index (χ1v) is 18.3. The highest BCUT2D eigenvalue weighted by molar-refractivity contribution is 6.74. The van der Waals surface area contributed by atoms with E-state index in [1.165, 1.54) is 14.5 Å². The maximum atomic E-state index is 11.6. The van der Waals surface area contributed by atoms with Crippen LogP contribution in [0.25, 0.3) is 11.3 Å². The molecule has 0 saturated carbocycles. The van der Waals surface area contributed by atoms with Crippen molar-refractivity contribution >= 4 is 56.7 Å². The number of pyridine rings is 1. The van der Waals surface area contributed by atoms with Gasteiger partial charge in [-0.15, -0.1) is 0 Å². The van der Waals surface area contributed by atoms with Crippen LogP contribution >= 0.6 is 11.6 Å². The Morgan fingerprint density at radius 3 is 2.63 bits per heavy atom. The molecule has 0 amide bonds. The van der Waals surface area contributed by atoms with E-state index in [9.17, 15) is 10.1 Å². The Kier molecular flexibility index (Phi) is 10.7. The Morgan fingerprint density at radius 2 is 2.00 bits per heavy atom. The van der Waals surface area contributed by atoms with Gasteiger partial charge in [0.25, 0.3) is 0 Å². The average Bonchev–Trinajstić information content (AvgIpc) is 3.29. The van der Waals surface area contributed by atoms with Crippen LogP contribution in [0.1, 0.15) is 38.8 Å². The number of nitriles is 1. The average molecular weight is 663 g/mol. The summed E-state index contributed by atoms with van der Waals surface area (Å²) in [4.78, 5) is 29.1. The van der Waals surface area contributed by atoms with E-state index in [1.54, 1.807) is 31.5 Å². The second-order valence-electron chi connectivity index (χ2n) is 13.2. The minimum absolute atomic E-state index is 0.0338. The summed E-state index contributed by atoms with van der Waals surface area (Å²) in [6, 6.07) is 9.69. The van der Waals surface area contributed by atoms with Crippen LogP contribution < -0.4 is 19.8 Å². The van der Waals surface area contributed by atoms with E-state index in [4.69, 9.17) is 30.5 Å². The topological polar surface area (TPSA) is 126 Å². The Labute approximate surface area is 278 Å². The van der Waals surface area contributed by atoms with Gasteiger partial charge in [-0.25, -0.2) is 9.97 Å². The molecule has 0 aliphatic carbocycles. The summed E-state index contributed by atoms with van der Waals surface area (Å²) in [5, 5.41) is 13.9. The van der Waals surface area contributed by atoms with Crippen molar-refractivity contribution in [3.05, 3.63) is 46.6 Å². The highest BCUT2D eigenvalue weighted by Gasteiger charge is 2.44. The lowest BCUT2D eigenvalue weighted by atomic mass is 9.83. The summed E-state index contributed by atoms with van der Waals surface area (Å²) < 4.78 is 17.4. The number of carbonyl (C=O) groups is 1. The van der Waals surface area contributed by atoms with E-state index in [0.29, 0.717) is 71.6 Å². The SMILES string of the molecule is COCCN(C)c1nc(OC)c(Nc2nccc(-c3cc(C#N)c4c(c3)[C@@](C)(CO[Si](C)(C)C(C)(C)C)CN4[B]C=O)n2)cc1Cl. The minimum Gasteiger partial charge on any atom is -0.479 e. The first-order valence-electron chi connectivity index (χ1n) is 15.0. The molecule has 243 valence electrons. The Bertz CT molecular complexity index is 1630. The highest BCUT2D eigenvalue weighted by atomic mass is 35.5. The zero-order chi connectivity index (χ0) is 33.9. The number of anilines is 4. The number of nitrogens with zero attached hydrogens (tertiary/aromatic N) is 6. The number of aromatic nitrogens is 3. The number of benzene rings is 1. The number of nitrogens with one attached hydrogen (secondary N) is 1. The fraction of sp³-hybridized carbons (Fsp3) is 0.469. The summed E-state index contributed by atoms with van der Waals surface area (Å²) in [7, 11) is 4.45. The highest BCUT2D eigenvalue weighted by Crippen LogP contribution is 2.46. The Morgan fingerprint density at radius 1 is 1.26 bits per heavy atom. The Hall–Kier alpha value is -3.70. The van der Waals surface area contributed by atoms with Crippen LogP contribution in [-0.2, 0) is 19.4 Å². The predicted octanol–water partition coefficient (Wildman–Crippen LogP) is 5.81. The minimum atomic E-state index is -2.08. The van der Waals surface area contributed by atoms with Gasteiger partial charge in [-0.3, -0.25) is 0 Å². The largest absolute Gasteiger partial charge is 0.479 e. The summed E-state index contributed by atoms with van der Waals surface area (Å²) in [5.41, 5.74) is 3.46. The third-order valence-corrected chi connectivity index (χ3v) is 13.5. The number of hydrogen-bond acceptors (Lipinski definition) is 11. The number of rotatable bonds is 13. The summed E-state index contributed by atoms with van der Waals surface area (Å²) in [5.74, 6) is 1.18. The van der Waals surface area contributed by atoms with E-state index < -0.39 is 13.7 Å². The monoisotopic (exact) mass is 662 g/mol. The maximum absolute atomic E-state index is 11.6. The van der Waals surface area contributed by atoms with Crippen molar-refractivity contribution in [2.24, 2.45) is 0 Å². The van der Waals surface area contributed by atoms with Crippen molar-refractivity contribution in [2.75, 3.05) is 62.6 Å². The van der Waals surface area contributed by atoms with Gasteiger partial charge in [0.05, 0.1) is 30.0 Å². The van der Waals surface area contributed by atoms with Gasteiger partial charge in [0, 0.05) is 56.7 Å². The molecule has 3 heterocycles. The molecule has 1 radical (unpaired) electrons. The molecule has 0 fully saturated rings. The molecule has 0 spiro atoms. The van der Waals surface area contributed by atoms with Crippen molar-refractivity contribution in [3.63, 3.8) is 0 Å². The third-order valence-electron chi connectivity index (χ3n) is 8.79. The van der Waals surface area contributed by atoms with Crippen LogP contribution in [-0.4, -0.2) is 84.4 Å². The number of hydrogen-bond donors (Lipinski definition) is 1. The number of likely N-dealkylation sites (N-methyl/N-ethyl adjacent to an activating group) is 1. The molecular weight excluding hydrogens is 621 g/mol. The van der Waals surface area contributed by atoms with Crippen molar-refractivity contribution in [3.8, 4) is 23.2 Å². The molecule has 1 aliphatic heterocycles. The van der Waals surface area contributed by atoms with Crippen molar-refractivity contribution in [2.45, 2.75) is 51.2 Å². The predicted molar refractivity (Wildman–Crippen MR) is 187 cm³/mol. The molecule has 1 aromatic carbocycles. The van der Waals surface area contributed by atoms with Gasteiger partial charge in [0.15, 0.2) is 14.1 Å². The van der Waals surface area contributed by atoms with Crippen LogP contribution in [0.2, 0.25) is 23.2 Å².